The smallest absolute Gasteiger partial charge is 0.254 e. The van der Waals surface area contributed by atoms with Gasteiger partial charge in [-0.15, -0.1) is 0 Å². The third-order valence-electron chi connectivity index (χ3n) is 5.12. The molecule has 8 heteroatoms. The van der Waals surface area contributed by atoms with Crippen molar-refractivity contribution >= 4 is 21.6 Å². The van der Waals surface area contributed by atoms with Crippen LogP contribution in [0.1, 0.15) is 27.5 Å². The largest absolute Gasteiger partial charge is 0.493 e. The Balaban J connectivity index is 2.10. The molecule has 0 saturated carbocycles. The van der Waals surface area contributed by atoms with Crippen molar-refractivity contribution in [3.8, 4) is 11.5 Å². The summed E-state index contributed by atoms with van der Waals surface area (Å²) in [6.07, 6.45) is 1.07. The normalized spacial score (nSPS) is 11.2. The highest BCUT2D eigenvalue weighted by Crippen LogP contribution is 2.36. The van der Waals surface area contributed by atoms with E-state index in [1.165, 1.54) is 33.4 Å². The first kappa shape index (κ1) is 23.1. The molecule has 0 aliphatic carbocycles. The lowest BCUT2D eigenvalue weighted by Crippen LogP contribution is -2.32. The number of sulfonamides is 1. The van der Waals surface area contributed by atoms with Crippen LogP contribution in [0.25, 0.3) is 0 Å². The molecule has 0 atom stereocenters. The molecule has 32 heavy (non-hydrogen) atoms. The maximum absolute atomic E-state index is 13.5. The molecule has 3 aromatic rings. The van der Waals surface area contributed by atoms with Gasteiger partial charge in [-0.05, 0) is 17.2 Å². The second-order valence-electron chi connectivity index (χ2n) is 7.18. The van der Waals surface area contributed by atoms with Gasteiger partial charge in [0.15, 0.2) is 11.5 Å². The molecule has 0 fully saturated rings. The minimum absolute atomic E-state index is 0.146. The Labute approximate surface area is 188 Å². The van der Waals surface area contributed by atoms with E-state index in [0.29, 0.717) is 11.5 Å². The number of nitrogens with zero attached hydrogens (tertiary/aromatic N) is 1. The molecule has 0 bridgehead atoms. The van der Waals surface area contributed by atoms with Crippen molar-refractivity contribution in [1.29, 1.82) is 0 Å². The average molecular weight is 455 g/mol. The van der Waals surface area contributed by atoms with E-state index in [-0.39, 0.29) is 11.3 Å². The van der Waals surface area contributed by atoms with Gasteiger partial charge in [0, 0.05) is 13.1 Å². The summed E-state index contributed by atoms with van der Waals surface area (Å²) < 4.78 is 36.2. The summed E-state index contributed by atoms with van der Waals surface area (Å²) in [5.74, 6) is 0.186. The van der Waals surface area contributed by atoms with Gasteiger partial charge in [-0.1, -0.05) is 60.7 Å². The highest BCUT2D eigenvalue weighted by atomic mass is 32.2. The summed E-state index contributed by atoms with van der Waals surface area (Å²) in [6.45, 7) is 0. The number of rotatable bonds is 8. The van der Waals surface area contributed by atoms with Crippen molar-refractivity contribution in [2.24, 2.45) is 0 Å². The molecule has 168 valence electrons. The summed E-state index contributed by atoms with van der Waals surface area (Å²) >= 11 is 0. The maximum atomic E-state index is 13.5. The third kappa shape index (κ3) is 5.03. The summed E-state index contributed by atoms with van der Waals surface area (Å²) in [7, 11) is 0.658. The molecule has 1 amide bonds. The molecule has 0 aliphatic rings. The van der Waals surface area contributed by atoms with E-state index < -0.39 is 22.0 Å². The van der Waals surface area contributed by atoms with Crippen LogP contribution in [0.3, 0.4) is 0 Å². The summed E-state index contributed by atoms with van der Waals surface area (Å²) in [5, 5.41) is 3.04. The lowest BCUT2D eigenvalue weighted by atomic mass is 9.98. The minimum atomic E-state index is -3.63. The second-order valence-corrected chi connectivity index (χ2v) is 9.20. The molecule has 0 saturated heterocycles. The van der Waals surface area contributed by atoms with E-state index in [9.17, 15) is 13.2 Å². The fraction of sp³-hybridized carbons (Fsp3) is 0.208. The number of carbonyl (C=O) groups is 1. The van der Waals surface area contributed by atoms with Crippen LogP contribution in [0.4, 0.5) is 5.69 Å². The van der Waals surface area contributed by atoms with Crippen LogP contribution in [0.2, 0.25) is 0 Å². The molecule has 7 nitrogen and oxygen atoms in total. The highest BCUT2D eigenvalue weighted by Gasteiger charge is 2.26. The van der Waals surface area contributed by atoms with Crippen molar-refractivity contribution < 1.29 is 22.7 Å². The molecule has 3 aromatic carbocycles. The summed E-state index contributed by atoms with van der Waals surface area (Å²) in [4.78, 5) is 13.5. The number of anilines is 1. The van der Waals surface area contributed by atoms with E-state index in [0.717, 1.165) is 21.7 Å². The van der Waals surface area contributed by atoms with E-state index >= 15 is 0 Å². The first-order valence-corrected chi connectivity index (χ1v) is 11.7. The molecular weight excluding hydrogens is 428 g/mol. The highest BCUT2D eigenvalue weighted by molar-refractivity contribution is 7.92. The fourth-order valence-electron chi connectivity index (χ4n) is 3.35. The topological polar surface area (TPSA) is 84.9 Å². The standard InChI is InChI=1S/C24H26N2O5S/c1-26(32(4,28)29)20-16-22(31-3)21(30-2)15-19(20)24(27)25-23(17-11-7-5-8-12-17)18-13-9-6-10-14-18/h5-16,23H,1-4H3,(H,25,27). The Morgan fingerprint density at radius 2 is 1.34 bits per heavy atom. The van der Waals surface area contributed by atoms with Crippen LogP contribution < -0.4 is 19.1 Å². The maximum Gasteiger partial charge on any atom is 0.254 e. The molecule has 1 N–H and O–H groups in total. The van der Waals surface area contributed by atoms with Gasteiger partial charge in [-0.25, -0.2) is 8.42 Å². The zero-order valence-corrected chi connectivity index (χ0v) is 19.2. The number of methoxy groups -OCH3 is 2. The van der Waals surface area contributed by atoms with Crippen molar-refractivity contribution in [2.75, 3.05) is 31.8 Å². The van der Waals surface area contributed by atoms with Crippen LogP contribution in [0.5, 0.6) is 11.5 Å². The van der Waals surface area contributed by atoms with Crippen molar-refractivity contribution in [3.63, 3.8) is 0 Å². The predicted molar refractivity (Wildman–Crippen MR) is 125 cm³/mol. The minimum Gasteiger partial charge on any atom is -0.493 e. The third-order valence-corrected chi connectivity index (χ3v) is 6.32. The Kier molecular flexibility index (Phi) is 7.05. The van der Waals surface area contributed by atoms with E-state index in [4.69, 9.17) is 9.47 Å². The summed E-state index contributed by atoms with van der Waals surface area (Å²) in [5.41, 5.74) is 2.12. The van der Waals surface area contributed by atoms with Crippen LogP contribution in [0.15, 0.2) is 72.8 Å². The molecular formula is C24H26N2O5S. The van der Waals surface area contributed by atoms with E-state index in [1.54, 1.807) is 0 Å². The number of ether oxygens (including phenoxy) is 2. The van der Waals surface area contributed by atoms with Gasteiger partial charge < -0.3 is 14.8 Å². The lowest BCUT2D eigenvalue weighted by molar-refractivity contribution is 0.0943. The van der Waals surface area contributed by atoms with Gasteiger partial charge >= 0.3 is 0 Å². The van der Waals surface area contributed by atoms with E-state index in [2.05, 4.69) is 5.32 Å². The molecule has 0 unspecified atom stereocenters. The average Bonchev–Trinajstić information content (AvgIpc) is 2.81. The van der Waals surface area contributed by atoms with Gasteiger partial charge in [0.25, 0.3) is 5.91 Å². The quantitative estimate of drug-likeness (QED) is 0.562. The molecule has 0 spiro atoms. The van der Waals surface area contributed by atoms with Gasteiger partial charge in [0.05, 0.1) is 37.8 Å². The first-order chi connectivity index (χ1) is 15.3. The monoisotopic (exact) mass is 454 g/mol. The number of benzene rings is 3. The predicted octanol–water partition coefficient (Wildman–Crippen LogP) is 3.62. The summed E-state index contributed by atoms with van der Waals surface area (Å²) in [6, 6.07) is 21.6. The molecule has 0 radical (unpaired) electrons. The Hall–Kier alpha value is -3.52. The molecule has 0 aromatic heterocycles. The SMILES string of the molecule is COc1cc(C(=O)NC(c2ccccc2)c2ccccc2)c(N(C)S(C)(=O)=O)cc1OC. The van der Waals surface area contributed by atoms with Gasteiger partial charge in [0.1, 0.15) is 0 Å². The fourth-order valence-corrected chi connectivity index (χ4v) is 3.86. The van der Waals surface area contributed by atoms with Crippen LogP contribution in [-0.2, 0) is 10.0 Å². The van der Waals surface area contributed by atoms with Crippen LogP contribution in [-0.4, -0.2) is 41.8 Å². The first-order valence-electron chi connectivity index (χ1n) is 9.87. The van der Waals surface area contributed by atoms with E-state index in [1.807, 2.05) is 60.7 Å². The van der Waals surface area contributed by atoms with Gasteiger partial charge in [-0.3, -0.25) is 9.10 Å². The van der Waals surface area contributed by atoms with Crippen molar-refractivity contribution in [1.82, 2.24) is 5.32 Å². The van der Waals surface area contributed by atoms with Gasteiger partial charge in [0.2, 0.25) is 10.0 Å². The Morgan fingerprint density at radius 3 is 1.78 bits per heavy atom. The Morgan fingerprint density at radius 1 is 0.875 bits per heavy atom. The molecule has 3 rings (SSSR count). The van der Waals surface area contributed by atoms with Crippen LogP contribution in [0, 0.1) is 0 Å². The number of carbonyl (C=O) groups excluding carboxylic acids is 1. The zero-order chi connectivity index (χ0) is 23.3. The lowest BCUT2D eigenvalue weighted by Gasteiger charge is -2.24. The number of hydrogen-bond donors (Lipinski definition) is 1. The molecule has 0 heterocycles. The van der Waals surface area contributed by atoms with Crippen molar-refractivity contribution in [2.45, 2.75) is 6.04 Å². The zero-order valence-electron chi connectivity index (χ0n) is 18.4. The van der Waals surface area contributed by atoms with Crippen LogP contribution >= 0.6 is 0 Å². The van der Waals surface area contributed by atoms with Gasteiger partial charge in [-0.2, -0.15) is 0 Å². The molecule has 0 aliphatic heterocycles. The second kappa shape index (κ2) is 9.74. The number of amides is 1. The van der Waals surface area contributed by atoms with Crippen molar-refractivity contribution in [3.05, 3.63) is 89.5 Å². The number of nitrogens with one attached hydrogen (secondary N) is 1. The number of hydrogen-bond acceptors (Lipinski definition) is 5. The Bertz CT molecular complexity index is 1140.